The molecular weight excluding hydrogens is 450 g/mol. The Hall–Kier alpha value is -4.85. The molecule has 1 amide bonds. The molecule has 3 N–H and O–H groups in total. The van der Waals surface area contributed by atoms with Crippen LogP contribution in [0.4, 0.5) is 5.69 Å². The molecule has 0 unspecified atom stereocenters. The van der Waals surface area contributed by atoms with Gasteiger partial charge in [0.25, 0.3) is 0 Å². The Labute approximate surface area is 205 Å². The molecule has 1 aliphatic carbocycles. The number of rotatable bonds is 5. The molecule has 0 atom stereocenters. The number of H-pyrrole nitrogens is 2. The van der Waals surface area contributed by atoms with Crippen LogP contribution in [-0.2, 0) is 4.79 Å². The van der Waals surface area contributed by atoms with Crippen molar-refractivity contribution in [1.29, 1.82) is 0 Å². The number of aromatic amines is 2. The van der Waals surface area contributed by atoms with Crippen LogP contribution < -0.4 is 5.32 Å². The first-order chi connectivity index (χ1) is 17.7. The molecule has 0 aliphatic heterocycles. The van der Waals surface area contributed by atoms with E-state index in [2.05, 4.69) is 59.7 Å². The standard InChI is InChI=1S/C28H21N7O/c36-28(17-4-5-17)32-20-10-18(13-30-15-20)19-11-23-26(34-35-27(23)31-14-19)25-12-22-21(2-1-3-24(22)33-25)16-6-8-29-9-7-16/h1-3,6-15,17,33H,4-5H2,(H,32,36)(H,31,34,35). The Morgan fingerprint density at radius 3 is 2.61 bits per heavy atom. The predicted octanol–water partition coefficient (Wildman–Crippen LogP) is 5.58. The van der Waals surface area contributed by atoms with E-state index in [1.807, 2.05) is 24.3 Å². The molecule has 5 heterocycles. The number of carbonyl (C=O) groups excluding carboxylic acids is 1. The minimum Gasteiger partial charge on any atom is -0.353 e. The van der Waals surface area contributed by atoms with Crippen molar-refractivity contribution in [3.63, 3.8) is 0 Å². The number of carbonyl (C=O) groups is 1. The quantitative estimate of drug-likeness (QED) is 0.304. The lowest BCUT2D eigenvalue weighted by atomic mass is 10.0. The molecule has 36 heavy (non-hydrogen) atoms. The number of benzene rings is 1. The van der Waals surface area contributed by atoms with E-state index in [9.17, 15) is 4.79 Å². The van der Waals surface area contributed by atoms with E-state index in [-0.39, 0.29) is 11.8 Å². The van der Waals surface area contributed by atoms with Crippen LogP contribution in [0.2, 0.25) is 0 Å². The molecule has 7 rings (SSSR count). The van der Waals surface area contributed by atoms with Crippen molar-refractivity contribution in [2.75, 3.05) is 5.32 Å². The number of fused-ring (bicyclic) bond motifs is 2. The second-order valence-electron chi connectivity index (χ2n) is 9.11. The fourth-order valence-corrected chi connectivity index (χ4v) is 4.59. The van der Waals surface area contributed by atoms with Crippen LogP contribution in [0, 0.1) is 5.92 Å². The third-order valence-corrected chi connectivity index (χ3v) is 6.62. The van der Waals surface area contributed by atoms with Crippen molar-refractivity contribution in [3.8, 4) is 33.6 Å². The summed E-state index contributed by atoms with van der Waals surface area (Å²) in [5.41, 5.74) is 8.17. The summed E-state index contributed by atoms with van der Waals surface area (Å²) in [6.07, 6.45) is 10.8. The van der Waals surface area contributed by atoms with Crippen LogP contribution in [0.15, 0.2) is 79.5 Å². The number of amides is 1. The Kier molecular flexibility index (Phi) is 4.63. The molecule has 8 heteroatoms. The average Bonchev–Trinajstić information content (AvgIpc) is 3.55. The molecule has 0 spiro atoms. The lowest BCUT2D eigenvalue weighted by Crippen LogP contribution is -2.13. The van der Waals surface area contributed by atoms with Crippen LogP contribution in [0.25, 0.3) is 55.6 Å². The van der Waals surface area contributed by atoms with Gasteiger partial charge in [-0.25, -0.2) is 4.98 Å². The van der Waals surface area contributed by atoms with Gasteiger partial charge in [-0.05, 0) is 60.4 Å². The van der Waals surface area contributed by atoms with Crippen molar-refractivity contribution in [2.24, 2.45) is 5.92 Å². The lowest BCUT2D eigenvalue weighted by molar-refractivity contribution is -0.117. The van der Waals surface area contributed by atoms with Gasteiger partial charge >= 0.3 is 0 Å². The highest BCUT2D eigenvalue weighted by Gasteiger charge is 2.29. The highest BCUT2D eigenvalue weighted by atomic mass is 16.2. The van der Waals surface area contributed by atoms with E-state index in [1.54, 1.807) is 31.0 Å². The van der Waals surface area contributed by atoms with E-state index in [0.29, 0.717) is 11.3 Å². The monoisotopic (exact) mass is 471 g/mol. The summed E-state index contributed by atoms with van der Waals surface area (Å²) < 4.78 is 0. The smallest absolute Gasteiger partial charge is 0.227 e. The first kappa shape index (κ1) is 20.5. The first-order valence-corrected chi connectivity index (χ1v) is 11.9. The third kappa shape index (κ3) is 3.60. The molecule has 1 aromatic carbocycles. The first-order valence-electron chi connectivity index (χ1n) is 11.9. The molecule has 8 nitrogen and oxygen atoms in total. The summed E-state index contributed by atoms with van der Waals surface area (Å²) >= 11 is 0. The van der Waals surface area contributed by atoms with Crippen molar-refractivity contribution in [3.05, 3.63) is 79.5 Å². The molecule has 6 aromatic rings. The zero-order valence-corrected chi connectivity index (χ0v) is 19.2. The second-order valence-corrected chi connectivity index (χ2v) is 9.11. The average molecular weight is 472 g/mol. The van der Waals surface area contributed by atoms with Crippen LogP contribution in [0.3, 0.4) is 0 Å². The van der Waals surface area contributed by atoms with Gasteiger partial charge in [0.1, 0.15) is 0 Å². The number of nitrogens with zero attached hydrogens (tertiary/aromatic N) is 4. The SMILES string of the molecule is O=C(Nc1cncc(-c2cnc3n[nH]c(-c4cc5c(-c6ccncc6)cccc5[nH]4)c3c2)c1)C1CC1. The fraction of sp³-hybridized carbons (Fsp3) is 0.107. The zero-order valence-electron chi connectivity index (χ0n) is 19.2. The van der Waals surface area contributed by atoms with Gasteiger partial charge < -0.3 is 10.3 Å². The second kappa shape index (κ2) is 8.13. The minimum absolute atomic E-state index is 0.0598. The van der Waals surface area contributed by atoms with E-state index >= 15 is 0 Å². The van der Waals surface area contributed by atoms with E-state index in [0.717, 1.165) is 62.8 Å². The van der Waals surface area contributed by atoms with Gasteiger partial charge in [-0.1, -0.05) is 12.1 Å². The van der Waals surface area contributed by atoms with Crippen molar-refractivity contribution >= 4 is 33.5 Å². The van der Waals surface area contributed by atoms with Gasteiger partial charge in [0, 0.05) is 58.1 Å². The number of nitrogens with one attached hydrogen (secondary N) is 3. The summed E-state index contributed by atoms with van der Waals surface area (Å²) in [5.74, 6) is 0.195. The molecule has 1 fully saturated rings. The normalized spacial score (nSPS) is 13.3. The summed E-state index contributed by atoms with van der Waals surface area (Å²) in [6.45, 7) is 0. The Morgan fingerprint density at radius 1 is 0.889 bits per heavy atom. The maximum absolute atomic E-state index is 12.2. The Morgan fingerprint density at radius 2 is 1.75 bits per heavy atom. The molecule has 5 aromatic heterocycles. The van der Waals surface area contributed by atoms with E-state index in [4.69, 9.17) is 0 Å². The Bertz CT molecular complexity index is 1750. The number of pyridine rings is 3. The van der Waals surface area contributed by atoms with Gasteiger partial charge in [0.05, 0.1) is 23.3 Å². The van der Waals surface area contributed by atoms with Gasteiger partial charge in [-0.3, -0.25) is 19.9 Å². The van der Waals surface area contributed by atoms with Crippen molar-refractivity contribution < 1.29 is 4.79 Å². The molecular formula is C28H21N7O. The third-order valence-electron chi connectivity index (χ3n) is 6.62. The largest absolute Gasteiger partial charge is 0.353 e. The van der Waals surface area contributed by atoms with Crippen molar-refractivity contribution in [1.82, 2.24) is 30.1 Å². The molecule has 0 saturated heterocycles. The predicted molar refractivity (Wildman–Crippen MR) is 139 cm³/mol. The minimum atomic E-state index is 0.0598. The number of hydrogen-bond acceptors (Lipinski definition) is 5. The number of anilines is 1. The molecule has 174 valence electrons. The van der Waals surface area contributed by atoms with Crippen LogP contribution >= 0.6 is 0 Å². The highest BCUT2D eigenvalue weighted by molar-refractivity contribution is 6.01. The summed E-state index contributed by atoms with van der Waals surface area (Å²) in [7, 11) is 0. The summed E-state index contributed by atoms with van der Waals surface area (Å²) in [5, 5.41) is 12.6. The lowest BCUT2D eigenvalue weighted by Gasteiger charge is -2.07. The number of hydrogen-bond donors (Lipinski definition) is 3. The zero-order chi connectivity index (χ0) is 24.1. The summed E-state index contributed by atoms with van der Waals surface area (Å²) in [4.78, 5) is 28.8. The Balaban J connectivity index is 1.28. The van der Waals surface area contributed by atoms with E-state index < -0.39 is 0 Å². The van der Waals surface area contributed by atoms with Crippen LogP contribution in [0.5, 0.6) is 0 Å². The molecule has 0 radical (unpaired) electrons. The van der Waals surface area contributed by atoms with Gasteiger partial charge in [0.15, 0.2) is 5.65 Å². The van der Waals surface area contributed by atoms with Gasteiger partial charge in [0.2, 0.25) is 5.91 Å². The van der Waals surface area contributed by atoms with Crippen molar-refractivity contribution in [2.45, 2.75) is 12.8 Å². The molecule has 1 aliphatic rings. The molecule has 1 saturated carbocycles. The van der Waals surface area contributed by atoms with Crippen LogP contribution in [-0.4, -0.2) is 36.0 Å². The highest BCUT2D eigenvalue weighted by Crippen LogP contribution is 2.35. The van der Waals surface area contributed by atoms with E-state index in [1.165, 1.54) is 0 Å². The maximum Gasteiger partial charge on any atom is 0.227 e. The van der Waals surface area contributed by atoms with Gasteiger partial charge in [-0.2, -0.15) is 5.10 Å². The topological polar surface area (TPSA) is 112 Å². The number of aromatic nitrogens is 6. The summed E-state index contributed by atoms with van der Waals surface area (Å²) in [6, 6.07) is 16.4. The fourth-order valence-electron chi connectivity index (χ4n) is 4.59. The maximum atomic E-state index is 12.2. The van der Waals surface area contributed by atoms with Crippen LogP contribution in [0.1, 0.15) is 12.8 Å². The van der Waals surface area contributed by atoms with Gasteiger partial charge in [-0.15, -0.1) is 0 Å². The molecule has 0 bridgehead atoms.